The van der Waals surface area contributed by atoms with Crippen molar-refractivity contribution in [2.75, 3.05) is 18.4 Å². The lowest BCUT2D eigenvalue weighted by Gasteiger charge is -2.08. The quantitative estimate of drug-likeness (QED) is 0.798. The molecule has 0 bridgehead atoms. The van der Waals surface area contributed by atoms with Gasteiger partial charge in [0, 0.05) is 12.7 Å². The molecule has 0 aromatic carbocycles. The highest BCUT2D eigenvalue weighted by atomic mass is 35.5. The van der Waals surface area contributed by atoms with E-state index in [9.17, 15) is 4.79 Å². The predicted molar refractivity (Wildman–Crippen MR) is 58.9 cm³/mol. The first-order valence-electron chi connectivity index (χ1n) is 4.89. The maximum Gasteiger partial charge on any atom is 0.229 e. The molecule has 1 aromatic heterocycles. The molecule has 0 aliphatic carbocycles. The van der Waals surface area contributed by atoms with E-state index in [1.807, 2.05) is 0 Å². The molecular formula is C10H12ClN3O. The summed E-state index contributed by atoms with van der Waals surface area (Å²) in [7, 11) is 0. The van der Waals surface area contributed by atoms with Crippen LogP contribution in [0, 0.1) is 5.92 Å². The number of amides is 1. The normalized spacial score (nSPS) is 20.2. The van der Waals surface area contributed by atoms with Crippen LogP contribution in [0.15, 0.2) is 18.3 Å². The highest BCUT2D eigenvalue weighted by Crippen LogP contribution is 2.13. The first-order valence-corrected chi connectivity index (χ1v) is 5.26. The van der Waals surface area contributed by atoms with Crippen molar-refractivity contribution < 1.29 is 4.79 Å². The van der Waals surface area contributed by atoms with Crippen LogP contribution in [0.25, 0.3) is 0 Å². The lowest BCUT2D eigenvalue weighted by molar-refractivity contribution is -0.119. The van der Waals surface area contributed by atoms with E-state index in [2.05, 4.69) is 15.6 Å². The minimum Gasteiger partial charge on any atom is -0.316 e. The number of halogens is 1. The van der Waals surface area contributed by atoms with Gasteiger partial charge in [0.05, 0.1) is 10.9 Å². The Morgan fingerprint density at radius 3 is 3.07 bits per heavy atom. The van der Waals surface area contributed by atoms with Gasteiger partial charge in [-0.25, -0.2) is 4.98 Å². The third kappa shape index (κ3) is 2.67. The molecule has 5 heteroatoms. The third-order valence-electron chi connectivity index (χ3n) is 2.41. The van der Waals surface area contributed by atoms with E-state index in [0.717, 1.165) is 19.5 Å². The molecule has 2 heterocycles. The Kier molecular flexibility index (Phi) is 3.18. The van der Waals surface area contributed by atoms with Crippen LogP contribution in [0.5, 0.6) is 0 Å². The lowest BCUT2D eigenvalue weighted by Crippen LogP contribution is -2.24. The van der Waals surface area contributed by atoms with Crippen molar-refractivity contribution in [1.29, 1.82) is 0 Å². The number of nitrogens with one attached hydrogen (secondary N) is 2. The van der Waals surface area contributed by atoms with E-state index in [4.69, 9.17) is 11.6 Å². The highest BCUT2D eigenvalue weighted by Gasteiger charge is 2.22. The first-order chi connectivity index (χ1) is 7.25. The van der Waals surface area contributed by atoms with E-state index in [-0.39, 0.29) is 11.8 Å². The van der Waals surface area contributed by atoms with Gasteiger partial charge in [0.15, 0.2) is 0 Å². The summed E-state index contributed by atoms with van der Waals surface area (Å²) in [5, 5.41) is 6.47. The van der Waals surface area contributed by atoms with Gasteiger partial charge in [0.2, 0.25) is 5.91 Å². The Labute approximate surface area is 93.0 Å². The van der Waals surface area contributed by atoms with Crippen LogP contribution in [-0.2, 0) is 4.79 Å². The second kappa shape index (κ2) is 4.59. The lowest BCUT2D eigenvalue weighted by atomic mass is 10.1. The number of nitrogens with zero attached hydrogens (tertiary/aromatic N) is 1. The summed E-state index contributed by atoms with van der Waals surface area (Å²) in [4.78, 5) is 15.7. The molecule has 1 unspecified atom stereocenters. The zero-order valence-electron chi connectivity index (χ0n) is 8.16. The molecule has 0 saturated carbocycles. The van der Waals surface area contributed by atoms with Crippen molar-refractivity contribution in [3.05, 3.63) is 23.4 Å². The Balaban J connectivity index is 1.96. The number of anilines is 1. The third-order valence-corrected chi connectivity index (χ3v) is 2.63. The minimum atomic E-state index is 0.0230. The second-order valence-electron chi connectivity index (χ2n) is 3.54. The number of carbonyl (C=O) groups is 1. The first kappa shape index (κ1) is 10.4. The van der Waals surface area contributed by atoms with Crippen LogP contribution >= 0.6 is 11.6 Å². The summed E-state index contributed by atoms with van der Waals surface area (Å²) in [5.41, 5.74) is 0. The molecule has 2 N–H and O–H groups in total. The molecule has 1 aromatic rings. The molecule has 1 fully saturated rings. The predicted octanol–water partition coefficient (Wildman–Crippen LogP) is 1.28. The Morgan fingerprint density at radius 2 is 2.47 bits per heavy atom. The van der Waals surface area contributed by atoms with Gasteiger partial charge < -0.3 is 10.6 Å². The number of hydrogen-bond donors (Lipinski definition) is 2. The van der Waals surface area contributed by atoms with E-state index < -0.39 is 0 Å². The SMILES string of the molecule is O=C(Nc1ccc(Cl)cn1)C1CCNC1. The molecule has 4 nitrogen and oxygen atoms in total. The molecule has 1 amide bonds. The molecular weight excluding hydrogens is 214 g/mol. The largest absolute Gasteiger partial charge is 0.316 e. The van der Waals surface area contributed by atoms with Crippen LogP contribution in [0.4, 0.5) is 5.82 Å². The fourth-order valence-corrected chi connectivity index (χ4v) is 1.67. The standard InChI is InChI=1S/C10H12ClN3O/c11-8-1-2-9(13-6-8)14-10(15)7-3-4-12-5-7/h1-2,6-7,12H,3-5H2,(H,13,14,15). The smallest absolute Gasteiger partial charge is 0.229 e. The van der Waals surface area contributed by atoms with Crippen molar-refractivity contribution in [2.24, 2.45) is 5.92 Å². The maximum atomic E-state index is 11.7. The maximum absolute atomic E-state index is 11.7. The monoisotopic (exact) mass is 225 g/mol. The van der Waals surface area contributed by atoms with Gasteiger partial charge in [0.25, 0.3) is 0 Å². The number of aromatic nitrogens is 1. The van der Waals surface area contributed by atoms with Crippen molar-refractivity contribution in [3.63, 3.8) is 0 Å². The van der Waals surface area contributed by atoms with Gasteiger partial charge in [-0.05, 0) is 25.1 Å². The van der Waals surface area contributed by atoms with Gasteiger partial charge in [-0.3, -0.25) is 4.79 Å². The molecule has 2 rings (SSSR count). The molecule has 0 radical (unpaired) electrons. The zero-order valence-corrected chi connectivity index (χ0v) is 8.92. The minimum absolute atomic E-state index is 0.0230. The van der Waals surface area contributed by atoms with E-state index in [1.54, 1.807) is 12.1 Å². The summed E-state index contributed by atoms with van der Waals surface area (Å²) < 4.78 is 0. The van der Waals surface area contributed by atoms with Crippen LogP contribution in [0.3, 0.4) is 0 Å². The van der Waals surface area contributed by atoms with Gasteiger partial charge in [0.1, 0.15) is 5.82 Å². The summed E-state index contributed by atoms with van der Waals surface area (Å²) in [5.74, 6) is 0.633. The Morgan fingerprint density at radius 1 is 1.60 bits per heavy atom. The van der Waals surface area contributed by atoms with Crippen LogP contribution in [0.2, 0.25) is 5.02 Å². The van der Waals surface area contributed by atoms with E-state index >= 15 is 0 Å². The van der Waals surface area contributed by atoms with Crippen LogP contribution in [0.1, 0.15) is 6.42 Å². The molecule has 80 valence electrons. The number of hydrogen-bond acceptors (Lipinski definition) is 3. The molecule has 1 aliphatic heterocycles. The zero-order chi connectivity index (χ0) is 10.7. The van der Waals surface area contributed by atoms with Crippen molar-refractivity contribution in [3.8, 4) is 0 Å². The summed E-state index contributed by atoms with van der Waals surface area (Å²) in [6.45, 7) is 1.66. The Hall–Kier alpha value is -1.13. The molecule has 1 saturated heterocycles. The average Bonchev–Trinajstić information content (AvgIpc) is 2.74. The summed E-state index contributed by atoms with van der Waals surface area (Å²) in [6, 6.07) is 3.40. The fourth-order valence-electron chi connectivity index (χ4n) is 1.56. The van der Waals surface area contributed by atoms with E-state index in [1.165, 1.54) is 6.20 Å². The molecule has 1 atom stereocenters. The Bertz CT molecular complexity index is 346. The highest BCUT2D eigenvalue weighted by molar-refractivity contribution is 6.30. The summed E-state index contributed by atoms with van der Waals surface area (Å²) >= 11 is 5.69. The molecule has 0 spiro atoms. The second-order valence-corrected chi connectivity index (χ2v) is 3.98. The fraction of sp³-hybridized carbons (Fsp3) is 0.400. The van der Waals surface area contributed by atoms with Gasteiger partial charge in [-0.1, -0.05) is 11.6 Å². The van der Waals surface area contributed by atoms with Gasteiger partial charge in [-0.2, -0.15) is 0 Å². The van der Waals surface area contributed by atoms with Crippen molar-refractivity contribution >= 4 is 23.3 Å². The van der Waals surface area contributed by atoms with Gasteiger partial charge in [-0.15, -0.1) is 0 Å². The number of pyridine rings is 1. The van der Waals surface area contributed by atoms with Gasteiger partial charge >= 0.3 is 0 Å². The molecule has 1 aliphatic rings. The van der Waals surface area contributed by atoms with Crippen LogP contribution < -0.4 is 10.6 Å². The van der Waals surface area contributed by atoms with Crippen molar-refractivity contribution in [1.82, 2.24) is 10.3 Å². The number of rotatable bonds is 2. The summed E-state index contributed by atoms with van der Waals surface area (Å²) in [6.07, 6.45) is 2.41. The average molecular weight is 226 g/mol. The number of carbonyl (C=O) groups excluding carboxylic acids is 1. The van der Waals surface area contributed by atoms with Crippen molar-refractivity contribution in [2.45, 2.75) is 6.42 Å². The van der Waals surface area contributed by atoms with Crippen LogP contribution in [-0.4, -0.2) is 24.0 Å². The van der Waals surface area contributed by atoms with E-state index in [0.29, 0.717) is 10.8 Å². The topological polar surface area (TPSA) is 54.0 Å². The molecule has 15 heavy (non-hydrogen) atoms.